The third kappa shape index (κ3) is 4.93. The smallest absolute Gasteiger partial charge is 0.419 e. The Bertz CT molecular complexity index is 977. The van der Waals surface area contributed by atoms with Gasteiger partial charge in [0.15, 0.2) is 0 Å². The van der Waals surface area contributed by atoms with Crippen molar-refractivity contribution in [2.24, 2.45) is 5.92 Å². The number of hydrazine groups is 1. The molecule has 30 heavy (non-hydrogen) atoms. The van der Waals surface area contributed by atoms with Crippen molar-refractivity contribution < 1.29 is 9.90 Å². The Morgan fingerprint density at radius 1 is 1.03 bits per heavy atom. The molecule has 0 spiro atoms. The summed E-state index contributed by atoms with van der Waals surface area (Å²) < 4.78 is 0. The van der Waals surface area contributed by atoms with Gasteiger partial charge in [-0.25, -0.2) is 9.80 Å². The number of benzene rings is 3. The second kappa shape index (κ2) is 9.94. The van der Waals surface area contributed by atoms with E-state index in [-0.39, 0.29) is 24.4 Å². The maximum absolute atomic E-state index is 11.1. The number of amides is 1. The van der Waals surface area contributed by atoms with E-state index in [0.29, 0.717) is 19.0 Å². The number of rotatable bonds is 6. The van der Waals surface area contributed by atoms with Crippen molar-refractivity contribution in [3.05, 3.63) is 83.9 Å². The molecule has 4 rings (SSSR count). The highest BCUT2D eigenvalue weighted by molar-refractivity contribution is 5.86. The fourth-order valence-electron chi connectivity index (χ4n) is 4.45. The van der Waals surface area contributed by atoms with Crippen molar-refractivity contribution in [2.75, 3.05) is 19.6 Å². The van der Waals surface area contributed by atoms with Gasteiger partial charge >= 0.3 is 6.09 Å². The molecule has 3 atom stereocenters. The molecule has 0 aliphatic carbocycles. The average Bonchev–Trinajstić information content (AvgIpc) is 3.14. The zero-order valence-electron chi connectivity index (χ0n) is 17.0. The summed E-state index contributed by atoms with van der Waals surface area (Å²) in [6.45, 7) is 4.40. The Balaban J connectivity index is 0.00000256. The fraction of sp³-hybridized carbons (Fsp3) is 0.292. The minimum Gasteiger partial charge on any atom is -0.464 e. The summed E-state index contributed by atoms with van der Waals surface area (Å²) in [7, 11) is 0. The largest absolute Gasteiger partial charge is 0.464 e. The molecule has 1 aliphatic rings. The molecule has 158 valence electrons. The highest BCUT2D eigenvalue weighted by atomic mass is 35.5. The van der Waals surface area contributed by atoms with Crippen LogP contribution in [0.1, 0.15) is 30.0 Å². The molecule has 3 aromatic rings. The van der Waals surface area contributed by atoms with Crippen LogP contribution in [0, 0.1) is 5.92 Å². The highest BCUT2D eigenvalue weighted by Gasteiger charge is 2.34. The summed E-state index contributed by atoms with van der Waals surface area (Å²) in [5.41, 5.74) is 5.08. The lowest BCUT2D eigenvalue weighted by molar-refractivity contribution is 0.151. The molecule has 1 heterocycles. The molecule has 1 fully saturated rings. The van der Waals surface area contributed by atoms with Gasteiger partial charge in [0.25, 0.3) is 0 Å². The highest BCUT2D eigenvalue weighted by Crippen LogP contribution is 2.32. The van der Waals surface area contributed by atoms with Crippen molar-refractivity contribution in [1.82, 2.24) is 15.8 Å². The van der Waals surface area contributed by atoms with Gasteiger partial charge in [-0.2, -0.15) is 0 Å². The van der Waals surface area contributed by atoms with Crippen LogP contribution >= 0.6 is 12.4 Å². The standard InChI is InChI=1S/C24H27N3O2.ClH/c1-17(21-13-7-11-18-10-5-6-12-22(18)21)25-14-20-15-27(26-24(28)29)16-23(20)19-8-3-2-4-9-19;/h2-13,17,20,23,25-26H,14-16H2,1H3,(H,28,29);1H/t17-,20-,23-;/m1./s1. The molecule has 0 unspecified atom stereocenters. The van der Waals surface area contributed by atoms with E-state index in [2.05, 4.69) is 72.3 Å². The summed E-state index contributed by atoms with van der Waals surface area (Å²) in [5, 5.41) is 17.2. The summed E-state index contributed by atoms with van der Waals surface area (Å²) in [4.78, 5) is 11.1. The molecular weight excluding hydrogens is 398 g/mol. The van der Waals surface area contributed by atoms with Crippen LogP contribution in [0.2, 0.25) is 0 Å². The molecule has 6 heteroatoms. The molecule has 1 amide bonds. The van der Waals surface area contributed by atoms with Crippen LogP contribution in [-0.2, 0) is 0 Å². The number of nitrogens with zero attached hydrogens (tertiary/aromatic N) is 1. The Labute approximate surface area is 183 Å². The molecule has 3 N–H and O–H groups in total. The molecule has 3 aromatic carbocycles. The SMILES string of the molecule is C[C@@H](NC[C@@H]1CN(NC(=O)O)C[C@@H]1c1ccccc1)c1cccc2ccccc12.Cl. The molecule has 0 saturated carbocycles. The van der Waals surface area contributed by atoms with Crippen LogP contribution in [-0.4, -0.2) is 35.8 Å². The molecule has 0 bridgehead atoms. The Morgan fingerprint density at radius 2 is 1.73 bits per heavy atom. The minimum absolute atomic E-state index is 0. The maximum atomic E-state index is 11.1. The molecule has 1 saturated heterocycles. The van der Waals surface area contributed by atoms with Crippen LogP contribution < -0.4 is 10.7 Å². The summed E-state index contributed by atoms with van der Waals surface area (Å²) in [5.74, 6) is 0.608. The fourth-order valence-corrected chi connectivity index (χ4v) is 4.45. The van der Waals surface area contributed by atoms with E-state index in [1.165, 1.54) is 21.9 Å². The van der Waals surface area contributed by atoms with Crippen molar-refractivity contribution >= 4 is 29.3 Å². The Hall–Kier alpha value is -2.60. The summed E-state index contributed by atoms with van der Waals surface area (Å²) >= 11 is 0. The molecule has 5 nitrogen and oxygen atoms in total. The number of fused-ring (bicyclic) bond motifs is 1. The van der Waals surface area contributed by atoms with Crippen molar-refractivity contribution in [3.8, 4) is 0 Å². The van der Waals surface area contributed by atoms with Crippen molar-refractivity contribution in [1.29, 1.82) is 0 Å². The van der Waals surface area contributed by atoms with E-state index in [9.17, 15) is 4.79 Å². The first-order valence-electron chi connectivity index (χ1n) is 10.1. The Morgan fingerprint density at radius 3 is 2.50 bits per heavy atom. The van der Waals surface area contributed by atoms with Crippen molar-refractivity contribution in [2.45, 2.75) is 18.9 Å². The predicted octanol–water partition coefficient (Wildman–Crippen LogP) is 4.81. The van der Waals surface area contributed by atoms with Gasteiger partial charge in [0, 0.05) is 31.6 Å². The molecule has 0 aromatic heterocycles. The summed E-state index contributed by atoms with van der Waals surface area (Å²) in [6, 6.07) is 25.5. The predicted molar refractivity (Wildman–Crippen MR) is 123 cm³/mol. The molecular formula is C24H28ClN3O2. The maximum Gasteiger partial charge on any atom is 0.419 e. The minimum atomic E-state index is -1.01. The van der Waals surface area contributed by atoms with Gasteiger partial charge in [0.05, 0.1) is 0 Å². The van der Waals surface area contributed by atoms with Crippen LogP contribution in [0.4, 0.5) is 4.79 Å². The molecule has 1 aliphatic heterocycles. The lowest BCUT2D eigenvalue weighted by Gasteiger charge is -2.23. The van der Waals surface area contributed by atoms with E-state index in [1.54, 1.807) is 0 Å². The van der Waals surface area contributed by atoms with Crippen molar-refractivity contribution in [3.63, 3.8) is 0 Å². The third-order valence-electron chi connectivity index (χ3n) is 5.90. The normalized spacial score (nSPS) is 19.9. The molecule has 0 radical (unpaired) electrons. The van der Waals surface area contributed by atoms with Crippen LogP contribution in [0.15, 0.2) is 72.8 Å². The zero-order chi connectivity index (χ0) is 20.2. The number of hydrogen-bond acceptors (Lipinski definition) is 3. The van der Waals surface area contributed by atoms with Gasteiger partial charge < -0.3 is 10.4 Å². The summed E-state index contributed by atoms with van der Waals surface area (Å²) in [6.07, 6.45) is -1.01. The van der Waals surface area contributed by atoms with Gasteiger partial charge in [-0.05, 0) is 34.7 Å². The van der Waals surface area contributed by atoms with Gasteiger partial charge in [0.1, 0.15) is 0 Å². The topological polar surface area (TPSA) is 64.6 Å². The number of carbonyl (C=O) groups is 1. The first-order chi connectivity index (χ1) is 14.1. The number of carboxylic acid groups (broad SMARTS) is 1. The van der Waals surface area contributed by atoms with Gasteiger partial charge in [-0.1, -0.05) is 72.8 Å². The number of nitrogens with one attached hydrogen (secondary N) is 2. The first-order valence-corrected chi connectivity index (χ1v) is 10.1. The third-order valence-corrected chi connectivity index (χ3v) is 5.90. The second-order valence-electron chi connectivity index (χ2n) is 7.80. The van der Waals surface area contributed by atoms with Gasteiger partial charge in [0.2, 0.25) is 0 Å². The van der Waals surface area contributed by atoms with Crippen LogP contribution in [0.3, 0.4) is 0 Å². The monoisotopic (exact) mass is 425 g/mol. The van der Waals surface area contributed by atoms with E-state index < -0.39 is 6.09 Å². The van der Waals surface area contributed by atoms with Gasteiger partial charge in [-0.15, -0.1) is 12.4 Å². The quantitative estimate of drug-likeness (QED) is 0.530. The van der Waals surface area contributed by atoms with Crippen LogP contribution in [0.5, 0.6) is 0 Å². The van der Waals surface area contributed by atoms with E-state index >= 15 is 0 Å². The van der Waals surface area contributed by atoms with E-state index in [1.807, 2.05) is 23.2 Å². The number of halogens is 1. The van der Waals surface area contributed by atoms with E-state index in [4.69, 9.17) is 5.11 Å². The zero-order valence-corrected chi connectivity index (χ0v) is 17.8. The Kier molecular flexibility index (Phi) is 7.32. The average molecular weight is 426 g/mol. The first kappa shape index (κ1) is 22.1. The van der Waals surface area contributed by atoms with Crippen LogP contribution in [0.25, 0.3) is 10.8 Å². The number of hydrogen-bond donors (Lipinski definition) is 3. The van der Waals surface area contributed by atoms with Gasteiger partial charge in [-0.3, -0.25) is 5.43 Å². The lowest BCUT2D eigenvalue weighted by Crippen LogP contribution is -2.40. The van der Waals surface area contributed by atoms with E-state index in [0.717, 1.165) is 6.54 Å². The second-order valence-corrected chi connectivity index (χ2v) is 7.80. The lowest BCUT2D eigenvalue weighted by atomic mass is 9.88.